The van der Waals surface area contributed by atoms with Gasteiger partial charge >= 0.3 is 6.01 Å². The fraction of sp³-hybridized carbons (Fsp3) is 0.500. The number of nitrogens with one attached hydrogen (secondary N) is 1. The van der Waals surface area contributed by atoms with E-state index in [9.17, 15) is 14.3 Å². The predicted octanol–water partition coefficient (Wildman–Crippen LogP) is 4.66. The van der Waals surface area contributed by atoms with Crippen molar-refractivity contribution in [2.24, 2.45) is 0 Å². The Bertz CT molecular complexity index is 1990. The van der Waals surface area contributed by atoms with Crippen LogP contribution in [0.2, 0.25) is 0 Å². The van der Waals surface area contributed by atoms with Crippen molar-refractivity contribution in [3.63, 3.8) is 0 Å². The molecule has 2 aromatic carbocycles. The molecule has 0 spiro atoms. The second-order valence-electron chi connectivity index (χ2n) is 13.9. The van der Waals surface area contributed by atoms with E-state index >= 15 is 8.78 Å². The Hall–Kier alpha value is -4.59. The van der Waals surface area contributed by atoms with Crippen molar-refractivity contribution < 1.29 is 27.8 Å². The van der Waals surface area contributed by atoms with E-state index in [1.54, 1.807) is 22.9 Å². The maximum Gasteiger partial charge on any atom is 0.318 e. The number of halogens is 3. The molecule has 0 saturated carbocycles. The summed E-state index contributed by atoms with van der Waals surface area (Å²) in [5.41, 5.74) is 2.56. The number of alkyl halides is 1. The molecule has 264 valence electrons. The third-order valence-corrected chi connectivity index (χ3v) is 11.0. The van der Waals surface area contributed by atoms with Gasteiger partial charge in [0.2, 0.25) is 0 Å². The molecular formula is C36H41F3N8O3. The molecule has 14 heteroatoms. The summed E-state index contributed by atoms with van der Waals surface area (Å²) in [6, 6.07) is 6.61. The number of hydrogen-bond donors (Lipinski definition) is 2. The lowest BCUT2D eigenvalue weighted by Crippen LogP contribution is -2.43. The van der Waals surface area contributed by atoms with Gasteiger partial charge in [-0.25, -0.2) is 13.2 Å². The number of hydrogen-bond acceptors (Lipinski definition) is 9. The van der Waals surface area contributed by atoms with Crippen molar-refractivity contribution in [2.45, 2.75) is 76.8 Å². The van der Waals surface area contributed by atoms with E-state index in [1.165, 1.54) is 13.1 Å². The summed E-state index contributed by atoms with van der Waals surface area (Å²) < 4.78 is 53.3. The number of fused-ring (bicyclic) bond motifs is 4. The Kier molecular flexibility index (Phi) is 8.23. The molecule has 1 amide bonds. The molecule has 0 unspecified atom stereocenters. The van der Waals surface area contributed by atoms with Crippen LogP contribution in [0.5, 0.6) is 11.8 Å². The number of phenolic OH excluding ortho intramolecular Hbond substituents is 1. The second-order valence-corrected chi connectivity index (χ2v) is 13.9. The monoisotopic (exact) mass is 690 g/mol. The summed E-state index contributed by atoms with van der Waals surface area (Å²) in [4.78, 5) is 28.5. The van der Waals surface area contributed by atoms with Crippen molar-refractivity contribution >= 4 is 28.2 Å². The number of rotatable bonds is 7. The molecule has 2 aromatic heterocycles. The quantitative estimate of drug-likeness (QED) is 0.286. The smallest absolute Gasteiger partial charge is 0.318 e. The first kappa shape index (κ1) is 32.6. The summed E-state index contributed by atoms with van der Waals surface area (Å²) >= 11 is 0. The Morgan fingerprint density at radius 3 is 2.78 bits per heavy atom. The van der Waals surface area contributed by atoms with E-state index in [1.807, 2.05) is 11.8 Å². The first-order valence-electron chi connectivity index (χ1n) is 17.5. The lowest BCUT2D eigenvalue weighted by atomic mass is 9.95. The number of anilines is 2. The molecule has 2 fully saturated rings. The molecule has 6 heterocycles. The largest absolute Gasteiger partial charge is 0.508 e. The molecular weight excluding hydrogens is 649 g/mol. The van der Waals surface area contributed by atoms with Crippen LogP contribution < -0.4 is 19.9 Å². The van der Waals surface area contributed by atoms with Crippen molar-refractivity contribution in [2.75, 3.05) is 49.6 Å². The molecule has 11 nitrogen and oxygen atoms in total. The highest BCUT2D eigenvalue weighted by atomic mass is 19.1. The minimum absolute atomic E-state index is 0.0850. The first-order valence-corrected chi connectivity index (χ1v) is 17.5. The highest BCUT2D eigenvalue weighted by Gasteiger charge is 2.49. The molecule has 50 heavy (non-hydrogen) atoms. The topological polar surface area (TPSA) is 112 Å². The molecule has 4 aliphatic rings. The maximum atomic E-state index is 15.7. The molecule has 0 radical (unpaired) electrons. The van der Waals surface area contributed by atoms with Gasteiger partial charge in [-0.2, -0.15) is 15.1 Å². The van der Waals surface area contributed by atoms with Crippen LogP contribution in [0, 0.1) is 11.6 Å². The first-order chi connectivity index (χ1) is 24.2. The van der Waals surface area contributed by atoms with E-state index in [0.29, 0.717) is 86.9 Å². The van der Waals surface area contributed by atoms with E-state index in [4.69, 9.17) is 14.7 Å². The number of carbonyl (C=O) groups excluding carboxylic acids is 1. The van der Waals surface area contributed by atoms with Gasteiger partial charge in [0.15, 0.2) is 11.5 Å². The van der Waals surface area contributed by atoms with Crippen LogP contribution in [0.1, 0.15) is 65.6 Å². The van der Waals surface area contributed by atoms with Crippen molar-refractivity contribution in [3.05, 3.63) is 64.1 Å². The lowest BCUT2D eigenvalue weighted by Gasteiger charge is -2.35. The number of carbonyl (C=O) groups is 1. The van der Waals surface area contributed by atoms with Gasteiger partial charge in [0.05, 0.1) is 30.0 Å². The van der Waals surface area contributed by atoms with Gasteiger partial charge in [0, 0.05) is 62.4 Å². The van der Waals surface area contributed by atoms with Crippen LogP contribution >= 0.6 is 0 Å². The number of aryl methyl sites for hydroxylation is 2. The zero-order valence-corrected chi connectivity index (χ0v) is 28.3. The van der Waals surface area contributed by atoms with Gasteiger partial charge in [-0.3, -0.25) is 14.4 Å². The minimum atomic E-state index is -0.904. The van der Waals surface area contributed by atoms with Gasteiger partial charge in [0.25, 0.3) is 5.91 Å². The lowest BCUT2D eigenvalue weighted by molar-refractivity contribution is 0.0953. The van der Waals surface area contributed by atoms with E-state index in [2.05, 4.69) is 20.2 Å². The molecule has 4 aliphatic heterocycles. The molecule has 0 bridgehead atoms. The maximum absolute atomic E-state index is 15.7. The number of ether oxygens (including phenoxy) is 1. The number of amides is 1. The van der Waals surface area contributed by atoms with Crippen LogP contribution in [0.25, 0.3) is 10.8 Å². The zero-order chi connectivity index (χ0) is 34.7. The number of aromatic hydroxyl groups is 1. The van der Waals surface area contributed by atoms with Crippen molar-refractivity contribution in [1.29, 1.82) is 0 Å². The zero-order valence-electron chi connectivity index (χ0n) is 28.3. The Labute approximate surface area is 288 Å². The third-order valence-electron chi connectivity index (χ3n) is 11.0. The number of aromatic nitrogens is 4. The summed E-state index contributed by atoms with van der Waals surface area (Å²) in [6.07, 6.45) is 2.97. The fourth-order valence-corrected chi connectivity index (χ4v) is 8.57. The minimum Gasteiger partial charge on any atom is -0.508 e. The van der Waals surface area contributed by atoms with Crippen LogP contribution in [-0.4, -0.2) is 87.2 Å². The molecule has 8 rings (SSSR count). The van der Waals surface area contributed by atoms with Crippen molar-refractivity contribution in [1.82, 2.24) is 30.0 Å². The number of phenols is 1. The van der Waals surface area contributed by atoms with Crippen LogP contribution in [-0.2, 0) is 32.5 Å². The van der Waals surface area contributed by atoms with E-state index < -0.39 is 23.4 Å². The van der Waals surface area contributed by atoms with Gasteiger partial charge < -0.3 is 25.0 Å². The fourth-order valence-electron chi connectivity index (χ4n) is 8.57. The van der Waals surface area contributed by atoms with E-state index in [-0.39, 0.29) is 36.4 Å². The van der Waals surface area contributed by atoms with Gasteiger partial charge in [-0.15, -0.1) is 0 Å². The van der Waals surface area contributed by atoms with Crippen molar-refractivity contribution in [3.8, 4) is 11.8 Å². The summed E-state index contributed by atoms with van der Waals surface area (Å²) in [6.45, 7) is 5.41. The second kappa shape index (κ2) is 12.6. The standard InChI is InChI=1S/C36H41F3N8O3/c1-3-24-26(38)7-6-21-14-23(48)15-28(30(21)24)44-13-8-25-27(18-44)41-35(50-20-36-9-4-11-46(36)17-22(37)16-36)42-33(25)45-10-5-12-47-29(19-45)31(39)32(43-47)34(49)40-2/h6-7,14-15,22,48H,3-5,8-13,16-20H2,1-2H3,(H,40,49)/t22-,36+/m1/s1. The Morgan fingerprint density at radius 1 is 1.10 bits per heavy atom. The Balaban J connectivity index is 1.19. The molecule has 0 aliphatic carbocycles. The highest BCUT2D eigenvalue weighted by molar-refractivity contribution is 5.98. The molecule has 2 N–H and O–H groups in total. The average molecular weight is 691 g/mol. The third kappa shape index (κ3) is 5.48. The summed E-state index contributed by atoms with van der Waals surface area (Å²) in [5, 5.41) is 19.0. The SMILES string of the molecule is CCc1c(F)ccc2cc(O)cc(N3CCc4c(nc(OC[C@@]56CCCN5C[C@H](F)C6)nc4N4CCCn5nc(C(=O)NC)c(F)c5C4)C3)c12. The summed E-state index contributed by atoms with van der Waals surface area (Å²) in [7, 11) is 1.44. The van der Waals surface area contributed by atoms with Gasteiger partial charge in [-0.1, -0.05) is 13.0 Å². The van der Waals surface area contributed by atoms with Gasteiger partial charge in [0.1, 0.15) is 30.2 Å². The molecule has 4 aromatic rings. The molecule has 2 atom stereocenters. The predicted molar refractivity (Wildman–Crippen MR) is 182 cm³/mol. The highest BCUT2D eigenvalue weighted by Crippen LogP contribution is 2.42. The van der Waals surface area contributed by atoms with Crippen LogP contribution in [0.4, 0.5) is 24.7 Å². The summed E-state index contributed by atoms with van der Waals surface area (Å²) in [5.74, 6) is -0.824. The average Bonchev–Trinajstić information content (AvgIpc) is 3.68. The number of nitrogens with zero attached hydrogens (tertiary/aromatic N) is 7. The van der Waals surface area contributed by atoms with Crippen LogP contribution in [0.3, 0.4) is 0 Å². The number of benzene rings is 2. The van der Waals surface area contributed by atoms with Crippen LogP contribution in [0.15, 0.2) is 24.3 Å². The normalized spacial score (nSPS) is 22.0. The molecule has 2 saturated heterocycles. The Morgan fingerprint density at radius 2 is 1.96 bits per heavy atom. The van der Waals surface area contributed by atoms with E-state index in [0.717, 1.165) is 35.7 Å². The van der Waals surface area contributed by atoms with Gasteiger partial charge in [-0.05, 0) is 61.7 Å².